The molecule has 1 amide bonds. The summed E-state index contributed by atoms with van der Waals surface area (Å²) in [6.07, 6.45) is 3.75. The standard InChI is InChI=1S/C20H19N5O3S/c26-19(11-16-14-29-20(22-16)15-3-2-6-21-13-15)24-9-7-23(8-10-24)17-4-1-5-18(12-17)25(27)28/h1-6,12-14H,7-11H2. The van der Waals surface area contributed by atoms with E-state index < -0.39 is 4.92 Å². The predicted molar refractivity (Wildman–Crippen MR) is 111 cm³/mol. The van der Waals surface area contributed by atoms with Gasteiger partial charge in [-0.3, -0.25) is 19.9 Å². The molecule has 0 aliphatic carbocycles. The average molecular weight is 409 g/mol. The Bertz CT molecular complexity index is 1020. The molecule has 0 N–H and O–H groups in total. The fourth-order valence-corrected chi connectivity index (χ4v) is 4.10. The van der Waals surface area contributed by atoms with Crippen LogP contribution in [0.5, 0.6) is 0 Å². The lowest BCUT2D eigenvalue weighted by Crippen LogP contribution is -2.49. The Labute approximate surface area is 171 Å². The molecule has 148 valence electrons. The molecule has 29 heavy (non-hydrogen) atoms. The van der Waals surface area contributed by atoms with Crippen molar-refractivity contribution in [3.8, 4) is 10.6 Å². The Morgan fingerprint density at radius 1 is 1.17 bits per heavy atom. The van der Waals surface area contributed by atoms with Crippen molar-refractivity contribution in [3.63, 3.8) is 0 Å². The second-order valence-electron chi connectivity index (χ2n) is 6.71. The second-order valence-corrected chi connectivity index (χ2v) is 7.57. The second kappa shape index (κ2) is 8.36. The maximum absolute atomic E-state index is 12.7. The van der Waals surface area contributed by atoms with Crippen molar-refractivity contribution in [1.82, 2.24) is 14.9 Å². The number of pyridine rings is 1. The number of thiazole rings is 1. The fraction of sp³-hybridized carbons (Fsp3) is 0.250. The van der Waals surface area contributed by atoms with Crippen molar-refractivity contribution in [1.29, 1.82) is 0 Å². The molecule has 9 heteroatoms. The van der Waals surface area contributed by atoms with E-state index in [0.717, 1.165) is 22.0 Å². The molecule has 0 spiro atoms. The van der Waals surface area contributed by atoms with Crippen LogP contribution < -0.4 is 4.90 Å². The minimum Gasteiger partial charge on any atom is -0.368 e. The molecule has 2 aromatic heterocycles. The van der Waals surface area contributed by atoms with Crippen molar-refractivity contribution in [3.05, 3.63) is 70.0 Å². The summed E-state index contributed by atoms with van der Waals surface area (Å²) in [5.41, 5.74) is 2.60. The summed E-state index contributed by atoms with van der Waals surface area (Å²) in [6, 6.07) is 10.4. The highest BCUT2D eigenvalue weighted by Crippen LogP contribution is 2.24. The van der Waals surface area contributed by atoms with Crippen LogP contribution in [0.4, 0.5) is 11.4 Å². The molecule has 3 heterocycles. The summed E-state index contributed by atoms with van der Waals surface area (Å²) in [5.74, 6) is 0.0479. The number of anilines is 1. The van der Waals surface area contributed by atoms with Crippen LogP contribution in [0.15, 0.2) is 54.2 Å². The Balaban J connectivity index is 1.34. The van der Waals surface area contributed by atoms with E-state index in [0.29, 0.717) is 26.2 Å². The molecule has 4 rings (SSSR count). The first-order valence-corrected chi connectivity index (χ1v) is 10.1. The number of hydrogen-bond acceptors (Lipinski definition) is 7. The number of hydrogen-bond donors (Lipinski definition) is 0. The molecule has 1 fully saturated rings. The van der Waals surface area contributed by atoms with Crippen molar-refractivity contribution >= 4 is 28.6 Å². The number of carbonyl (C=O) groups is 1. The van der Waals surface area contributed by atoms with Crippen molar-refractivity contribution < 1.29 is 9.72 Å². The third-order valence-corrected chi connectivity index (χ3v) is 5.77. The largest absolute Gasteiger partial charge is 0.368 e. The summed E-state index contributed by atoms with van der Waals surface area (Å²) in [4.78, 5) is 35.8. The molecule has 0 unspecified atom stereocenters. The molecule has 0 radical (unpaired) electrons. The molecular formula is C20H19N5O3S. The summed E-state index contributed by atoms with van der Waals surface area (Å²) in [7, 11) is 0. The number of nitro benzene ring substituents is 1. The van der Waals surface area contributed by atoms with E-state index >= 15 is 0 Å². The molecule has 1 aliphatic rings. The number of nitro groups is 1. The van der Waals surface area contributed by atoms with Crippen LogP contribution in [-0.2, 0) is 11.2 Å². The number of non-ortho nitro benzene ring substituents is 1. The van der Waals surface area contributed by atoms with Gasteiger partial charge in [-0.2, -0.15) is 0 Å². The minimum atomic E-state index is -0.392. The fourth-order valence-electron chi connectivity index (χ4n) is 3.29. The Morgan fingerprint density at radius 2 is 2.00 bits per heavy atom. The van der Waals surface area contributed by atoms with Crippen LogP contribution in [-0.4, -0.2) is 51.9 Å². The smallest absolute Gasteiger partial charge is 0.271 e. The number of piperazine rings is 1. The molecule has 1 aliphatic heterocycles. The number of carbonyl (C=O) groups excluding carboxylic acids is 1. The average Bonchev–Trinajstić information content (AvgIpc) is 3.23. The van der Waals surface area contributed by atoms with Gasteiger partial charge in [-0.15, -0.1) is 11.3 Å². The zero-order valence-electron chi connectivity index (χ0n) is 15.6. The third-order valence-electron chi connectivity index (χ3n) is 4.83. The highest BCUT2D eigenvalue weighted by atomic mass is 32.1. The molecule has 3 aromatic rings. The summed E-state index contributed by atoms with van der Waals surface area (Å²) < 4.78 is 0. The van der Waals surface area contributed by atoms with E-state index in [1.54, 1.807) is 24.5 Å². The molecule has 0 atom stereocenters. The van der Waals surface area contributed by atoms with Crippen LogP contribution in [0.1, 0.15) is 5.69 Å². The quantitative estimate of drug-likeness (QED) is 0.475. The van der Waals surface area contributed by atoms with Crippen LogP contribution in [0, 0.1) is 10.1 Å². The van der Waals surface area contributed by atoms with Gasteiger partial charge in [0.15, 0.2) is 0 Å². The van der Waals surface area contributed by atoms with Crippen molar-refractivity contribution in [2.45, 2.75) is 6.42 Å². The van der Waals surface area contributed by atoms with Gasteiger partial charge in [0.25, 0.3) is 5.69 Å². The van der Waals surface area contributed by atoms with E-state index in [9.17, 15) is 14.9 Å². The Morgan fingerprint density at radius 3 is 2.72 bits per heavy atom. The van der Waals surface area contributed by atoms with Crippen LogP contribution >= 0.6 is 11.3 Å². The van der Waals surface area contributed by atoms with Gasteiger partial charge < -0.3 is 9.80 Å². The van der Waals surface area contributed by atoms with E-state index in [2.05, 4.69) is 14.9 Å². The summed E-state index contributed by atoms with van der Waals surface area (Å²) >= 11 is 1.51. The third kappa shape index (κ3) is 4.40. The summed E-state index contributed by atoms with van der Waals surface area (Å²) in [6.45, 7) is 2.46. The predicted octanol–water partition coefficient (Wildman–Crippen LogP) is 3.00. The van der Waals surface area contributed by atoms with E-state index in [1.165, 1.54) is 17.4 Å². The lowest BCUT2D eigenvalue weighted by atomic mass is 10.2. The number of nitrogens with zero attached hydrogens (tertiary/aromatic N) is 5. The molecule has 8 nitrogen and oxygen atoms in total. The van der Waals surface area contributed by atoms with Gasteiger partial charge in [-0.1, -0.05) is 6.07 Å². The Kier molecular flexibility index (Phi) is 5.48. The normalized spacial score (nSPS) is 14.1. The minimum absolute atomic E-state index is 0.0479. The van der Waals surface area contributed by atoms with Gasteiger partial charge in [0, 0.05) is 67.3 Å². The van der Waals surface area contributed by atoms with E-state index in [-0.39, 0.29) is 18.0 Å². The van der Waals surface area contributed by atoms with Gasteiger partial charge in [0.2, 0.25) is 5.91 Å². The van der Waals surface area contributed by atoms with E-state index in [1.807, 2.05) is 28.5 Å². The topological polar surface area (TPSA) is 92.5 Å². The van der Waals surface area contributed by atoms with Gasteiger partial charge in [0.1, 0.15) is 5.01 Å². The maximum atomic E-state index is 12.7. The van der Waals surface area contributed by atoms with Crippen molar-refractivity contribution in [2.24, 2.45) is 0 Å². The number of amides is 1. The number of benzene rings is 1. The summed E-state index contributed by atoms with van der Waals surface area (Å²) in [5, 5.41) is 13.7. The lowest BCUT2D eigenvalue weighted by Gasteiger charge is -2.36. The van der Waals surface area contributed by atoms with E-state index in [4.69, 9.17) is 0 Å². The van der Waals surface area contributed by atoms with Crippen LogP contribution in [0.25, 0.3) is 10.6 Å². The first-order valence-electron chi connectivity index (χ1n) is 9.22. The number of aromatic nitrogens is 2. The van der Waals surface area contributed by atoms with Gasteiger partial charge >= 0.3 is 0 Å². The Hall–Kier alpha value is -3.33. The van der Waals surface area contributed by atoms with Gasteiger partial charge in [-0.25, -0.2) is 4.98 Å². The SMILES string of the molecule is O=C(Cc1csc(-c2cccnc2)n1)N1CCN(c2cccc([N+](=O)[O-])c2)CC1. The maximum Gasteiger partial charge on any atom is 0.271 e. The van der Waals surface area contributed by atoms with Crippen LogP contribution in [0.3, 0.4) is 0 Å². The zero-order chi connectivity index (χ0) is 20.2. The molecular weight excluding hydrogens is 390 g/mol. The lowest BCUT2D eigenvalue weighted by molar-refractivity contribution is -0.384. The van der Waals surface area contributed by atoms with Crippen molar-refractivity contribution in [2.75, 3.05) is 31.1 Å². The zero-order valence-corrected chi connectivity index (χ0v) is 16.4. The first kappa shape index (κ1) is 19.0. The first-order chi connectivity index (χ1) is 14.1. The van der Waals surface area contributed by atoms with Gasteiger partial charge in [-0.05, 0) is 18.2 Å². The molecule has 1 aromatic carbocycles. The van der Waals surface area contributed by atoms with Gasteiger partial charge in [0.05, 0.1) is 17.0 Å². The molecule has 1 saturated heterocycles. The molecule has 0 bridgehead atoms. The molecule has 0 saturated carbocycles. The highest BCUT2D eigenvalue weighted by molar-refractivity contribution is 7.13. The monoisotopic (exact) mass is 409 g/mol. The number of rotatable bonds is 5. The highest BCUT2D eigenvalue weighted by Gasteiger charge is 2.23. The van der Waals surface area contributed by atoms with Crippen LogP contribution in [0.2, 0.25) is 0 Å².